The average molecular weight is 523 g/mol. The highest BCUT2D eigenvalue weighted by Gasteiger charge is 2.16. The third-order valence-electron chi connectivity index (χ3n) is 5.42. The molecule has 0 aliphatic rings. The zero-order chi connectivity index (χ0) is 24.3. The molecule has 1 N–H and O–H groups in total. The molecule has 0 radical (unpaired) electrons. The first-order valence-corrected chi connectivity index (χ1v) is 12.4. The van der Waals surface area contributed by atoms with Gasteiger partial charge < -0.3 is 15.0 Å². The number of halogens is 1. The first-order chi connectivity index (χ1) is 16.5. The van der Waals surface area contributed by atoms with Gasteiger partial charge in [0.05, 0.1) is 12.2 Å². The highest BCUT2D eigenvalue weighted by molar-refractivity contribution is 9.10. The number of unbranched alkanes of at least 4 members (excludes halogenated alkanes) is 3. The van der Waals surface area contributed by atoms with Crippen molar-refractivity contribution < 1.29 is 14.3 Å². The lowest BCUT2D eigenvalue weighted by molar-refractivity contribution is 0.0784. The van der Waals surface area contributed by atoms with Gasteiger partial charge in [0.25, 0.3) is 11.8 Å². The van der Waals surface area contributed by atoms with E-state index in [1.54, 1.807) is 48.3 Å². The fraction of sp³-hybridized carbons (Fsp3) is 0.286. The van der Waals surface area contributed by atoms with Crippen molar-refractivity contribution >= 4 is 33.4 Å². The maximum atomic E-state index is 13.1. The molecule has 34 heavy (non-hydrogen) atoms. The van der Waals surface area contributed by atoms with E-state index in [1.807, 2.05) is 36.4 Å². The lowest BCUT2D eigenvalue weighted by atomic mass is 10.1. The van der Waals surface area contributed by atoms with E-state index in [0.29, 0.717) is 35.7 Å². The highest BCUT2D eigenvalue weighted by Crippen LogP contribution is 2.25. The van der Waals surface area contributed by atoms with E-state index in [9.17, 15) is 9.59 Å². The third-order valence-corrected chi connectivity index (χ3v) is 5.91. The summed E-state index contributed by atoms with van der Waals surface area (Å²) in [7, 11) is 1.77. The van der Waals surface area contributed by atoms with Crippen LogP contribution < -0.4 is 10.1 Å². The van der Waals surface area contributed by atoms with Gasteiger partial charge in [-0.25, -0.2) is 0 Å². The Morgan fingerprint density at radius 2 is 1.74 bits per heavy atom. The Bertz CT molecular complexity index is 1100. The van der Waals surface area contributed by atoms with Gasteiger partial charge in [-0.05, 0) is 48.4 Å². The molecule has 0 bridgehead atoms. The molecule has 0 aliphatic heterocycles. The molecule has 0 atom stereocenters. The van der Waals surface area contributed by atoms with Crippen LogP contribution in [0.3, 0.4) is 0 Å². The maximum Gasteiger partial charge on any atom is 0.259 e. The zero-order valence-electron chi connectivity index (χ0n) is 19.7. The molecule has 0 aliphatic carbocycles. The number of nitrogens with zero attached hydrogens (tertiary/aromatic N) is 1. The van der Waals surface area contributed by atoms with Crippen LogP contribution >= 0.6 is 15.9 Å². The third kappa shape index (κ3) is 7.45. The Hall–Kier alpha value is -3.12. The molecule has 0 saturated carbocycles. The number of nitrogens with one attached hydrogen (secondary N) is 1. The van der Waals surface area contributed by atoms with Crippen LogP contribution in [0.5, 0.6) is 5.75 Å². The normalized spacial score (nSPS) is 10.6. The predicted octanol–water partition coefficient (Wildman–Crippen LogP) is 6.93. The summed E-state index contributed by atoms with van der Waals surface area (Å²) < 4.78 is 6.70. The molecule has 0 fully saturated rings. The van der Waals surface area contributed by atoms with Crippen molar-refractivity contribution in [3.8, 4) is 5.75 Å². The van der Waals surface area contributed by atoms with Crippen molar-refractivity contribution in [2.45, 2.75) is 39.2 Å². The SMILES string of the molecule is CCCCCCOc1ccc(Br)cc1C(=O)Nc1cccc(C(=O)N(C)Cc2ccccc2)c1. The fourth-order valence-electron chi connectivity index (χ4n) is 3.59. The van der Waals surface area contributed by atoms with Gasteiger partial charge in [0.2, 0.25) is 0 Å². The number of benzene rings is 3. The second-order valence-corrected chi connectivity index (χ2v) is 9.15. The van der Waals surface area contributed by atoms with Crippen LogP contribution in [-0.4, -0.2) is 30.4 Å². The minimum absolute atomic E-state index is 0.112. The predicted molar refractivity (Wildman–Crippen MR) is 140 cm³/mol. The molecule has 3 aromatic carbocycles. The minimum Gasteiger partial charge on any atom is -0.493 e. The summed E-state index contributed by atoms with van der Waals surface area (Å²) in [5.41, 5.74) is 2.57. The van der Waals surface area contributed by atoms with Gasteiger partial charge in [-0.15, -0.1) is 0 Å². The van der Waals surface area contributed by atoms with Crippen LogP contribution in [0, 0.1) is 0 Å². The first-order valence-electron chi connectivity index (χ1n) is 11.6. The Morgan fingerprint density at radius 3 is 2.50 bits per heavy atom. The number of carbonyl (C=O) groups excluding carboxylic acids is 2. The largest absolute Gasteiger partial charge is 0.493 e. The average Bonchev–Trinajstić information content (AvgIpc) is 2.85. The second kappa shape index (κ2) is 12.9. The molecule has 5 nitrogen and oxygen atoms in total. The molecule has 3 rings (SSSR count). The van der Waals surface area contributed by atoms with Gasteiger partial charge in [0.1, 0.15) is 5.75 Å². The van der Waals surface area contributed by atoms with Crippen LogP contribution in [-0.2, 0) is 6.54 Å². The summed E-state index contributed by atoms with van der Waals surface area (Å²) in [6.45, 7) is 3.24. The van der Waals surface area contributed by atoms with Crippen molar-refractivity contribution in [2.24, 2.45) is 0 Å². The van der Waals surface area contributed by atoms with E-state index in [0.717, 1.165) is 29.3 Å². The molecule has 0 spiro atoms. The number of rotatable bonds is 11. The lowest BCUT2D eigenvalue weighted by Crippen LogP contribution is -2.26. The number of anilines is 1. The lowest BCUT2D eigenvalue weighted by Gasteiger charge is -2.18. The topological polar surface area (TPSA) is 58.6 Å². The molecule has 0 unspecified atom stereocenters. The molecular weight excluding hydrogens is 492 g/mol. The summed E-state index contributed by atoms with van der Waals surface area (Å²) in [5, 5.41) is 2.91. The number of hydrogen-bond acceptors (Lipinski definition) is 3. The van der Waals surface area contributed by atoms with E-state index < -0.39 is 0 Å². The summed E-state index contributed by atoms with van der Waals surface area (Å²) in [4.78, 5) is 27.7. The first kappa shape index (κ1) is 25.5. The van der Waals surface area contributed by atoms with Crippen LogP contribution in [0.4, 0.5) is 5.69 Å². The Balaban J connectivity index is 1.68. The number of ether oxygens (including phenoxy) is 1. The van der Waals surface area contributed by atoms with Gasteiger partial charge in [-0.1, -0.05) is 78.5 Å². The number of amides is 2. The van der Waals surface area contributed by atoms with Crippen molar-refractivity contribution in [1.29, 1.82) is 0 Å². The van der Waals surface area contributed by atoms with Crippen molar-refractivity contribution in [3.63, 3.8) is 0 Å². The van der Waals surface area contributed by atoms with E-state index in [1.165, 1.54) is 6.42 Å². The van der Waals surface area contributed by atoms with Gasteiger partial charge in [0, 0.05) is 29.3 Å². The van der Waals surface area contributed by atoms with Crippen LogP contribution in [0.2, 0.25) is 0 Å². The minimum atomic E-state index is -0.285. The molecule has 0 saturated heterocycles. The monoisotopic (exact) mass is 522 g/mol. The molecule has 3 aromatic rings. The Morgan fingerprint density at radius 1 is 0.941 bits per heavy atom. The van der Waals surface area contributed by atoms with Gasteiger partial charge in [-0.3, -0.25) is 9.59 Å². The van der Waals surface area contributed by atoms with E-state index in [2.05, 4.69) is 28.2 Å². The zero-order valence-corrected chi connectivity index (χ0v) is 21.3. The smallest absolute Gasteiger partial charge is 0.259 e. The second-order valence-electron chi connectivity index (χ2n) is 8.23. The summed E-state index contributed by atoms with van der Waals surface area (Å²) in [6, 6.07) is 22.2. The Labute approximate surface area is 210 Å². The molecule has 0 heterocycles. The molecule has 2 amide bonds. The van der Waals surface area contributed by atoms with E-state index in [-0.39, 0.29) is 11.8 Å². The van der Waals surface area contributed by atoms with E-state index in [4.69, 9.17) is 4.74 Å². The van der Waals surface area contributed by atoms with Gasteiger partial charge >= 0.3 is 0 Å². The van der Waals surface area contributed by atoms with E-state index >= 15 is 0 Å². The fourth-order valence-corrected chi connectivity index (χ4v) is 3.96. The van der Waals surface area contributed by atoms with Gasteiger partial charge in [0.15, 0.2) is 0 Å². The van der Waals surface area contributed by atoms with Crippen LogP contribution in [0.25, 0.3) is 0 Å². The van der Waals surface area contributed by atoms with Crippen LogP contribution in [0.15, 0.2) is 77.3 Å². The standard InChI is InChI=1S/C28H31BrN2O3/c1-3-4-5-9-17-34-26-16-15-23(29)19-25(26)27(32)30-24-14-10-13-22(18-24)28(33)31(2)20-21-11-7-6-8-12-21/h6-8,10-16,18-19H,3-5,9,17,20H2,1-2H3,(H,30,32). The maximum absolute atomic E-state index is 13.1. The van der Waals surface area contributed by atoms with Gasteiger partial charge in [-0.2, -0.15) is 0 Å². The summed E-state index contributed by atoms with van der Waals surface area (Å²) in [6.07, 6.45) is 4.39. The summed E-state index contributed by atoms with van der Waals surface area (Å²) >= 11 is 3.44. The molecule has 178 valence electrons. The molecule has 6 heteroatoms. The van der Waals surface area contributed by atoms with Crippen molar-refractivity contribution in [1.82, 2.24) is 4.90 Å². The molecular formula is C28H31BrN2O3. The van der Waals surface area contributed by atoms with Crippen LogP contribution in [0.1, 0.15) is 58.9 Å². The van der Waals surface area contributed by atoms with Crippen molar-refractivity contribution in [2.75, 3.05) is 19.0 Å². The quantitative estimate of drug-likeness (QED) is 0.277. The Kier molecular flexibility index (Phi) is 9.71. The highest BCUT2D eigenvalue weighted by atomic mass is 79.9. The number of carbonyl (C=O) groups is 2. The van der Waals surface area contributed by atoms with Crippen molar-refractivity contribution in [3.05, 3.63) is 94.0 Å². The number of hydrogen-bond donors (Lipinski definition) is 1. The molecule has 0 aromatic heterocycles. The summed E-state index contributed by atoms with van der Waals surface area (Å²) in [5.74, 6) is 0.151.